The lowest BCUT2D eigenvalue weighted by Crippen LogP contribution is -2.33. The van der Waals surface area contributed by atoms with E-state index < -0.39 is 6.04 Å². The number of aryl methyl sites for hydroxylation is 1. The molecular formula is C13H16N2O. The Kier molecular flexibility index (Phi) is 4.07. The first-order valence-electron chi connectivity index (χ1n) is 5.35. The highest BCUT2D eigenvalue weighted by Gasteiger charge is 2.16. The van der Waals surface area contributed by atoms with Gasteiger partial charge in [0, 0.05) is 12.6 Å². The fraction of sp³-hybridized carbons (Fsp3) is 0.385. The maximum atomic E-state index is 11.9. The number of hydrogen-bond acceptors (Lipinski definition) is 2. The van der Waals surface area contributed by atoms with Gasteiger partial charge < -0.3 is 4.90 Å². The van der Waals surface area contributed by atoms with Crippen LogP contribution in [0.5, 0.6) is 0 Å². The van der Waals surface area contributed by atoms with Gasteiger partial charge in [-0.1, -0.05) is 19.1 Å². The van der Waals surface area contributed by atoms with Crippen LogP contribution >= 0.6 is 0 Å². The number of nitrogens with zero attached hydrogens (tertiary/aromatic N) is 2. The van der Waals surface area contributed by atoms with E-state index in [-0.39, 0.29) is 5.91 Å². The van der Waals surface area contributed by atoms with Crippen molar-refractivity contribution in [2.45, 2.75) is 26.3 Å². The van der Waals surface area contributed by atoms with Gasteiger partial charge in [0.1, 0.15) is 6.04 Å². The monoisotopic (exact) mass is 216 g/mol. The molecule has 0 N–H and O–H groups in total. The summed E-state index contributed by atoms with van der Waals surface area (Å²) >= 11 is 0. The minimum Gasteiger partial charge on any atom is -0.326 e. The number of benzene rings is 1. The van der Waals surface area contributed by atoms with Crippen LogP contribution in [0.1, 0.15) is 29.8 Å². The smallest absolute Gasteiger partial charge is 0.254 e. The maximum Gasteiger partial charge on any atom is 0.254 e. The number of nitriles is 1. The van der Waals surface area contributed by atoms with E-state index in [1.54, 1.807) is 14.0 Å². The van der Waals surface area contributed by atoms with Gasteiger partial charge >= 0.3 is 0 Å². The molecule has 1 atom stereocenters. The van der Waals surface area contributed by atoms with Crippen LogP contribution in [0.4, 0.5) is 0 Å². The van der Waals surface area contributed by atoms with Gasteiger partial charge in [-0.3, -0.25) is 4.79 Å². The molecule has 1 unspecified atom stereocenters. The van der Waals surface area contributed by atoms with Gasteiger partial charge in [0.15, 0.2) is 0 Å². The Balaban J connectivity index is 2.85. The van der Waals surface area contributed by atoms with E-state index in [0.29, 0.717) is 5.56 Å². The molecule has 1 aromatic carbocycles. The Labute approximate surface area is 96.3 Å². The lowest BCUT2D eigenvalue weighted by molar-refractivity contribution is 0.0773. The van der Waals surface area contributed by atoms with Crippen molar-refractivity contribution in [2.75, 3.05) is 7.05 Å². The van der Waals surface area contributed by atoms with E-state index in [9.17, 15) is 4.79 Å². The number of hydrogen-bond donors (Lipinski definition) is 0. The van der Waals surface area contributed by atoms with Gasteiger partial charge in [0.05, 0.1) is 6.07 Å². The molecule has 0 radical (unpaired) electrons. The molecule has 1 rings (SSSR count). The second kappa shape index (κ2) is 5.32. The third kappa shape index (κ3) is 2.60. The van der Waals surface area contributed by atoms with Crippen molar-refractivity contribution < 1.29 is 4.79 Å². The summed E-state index contributed by atoms with van der Waals surface area (Å²) in [5.74, 6) is -0.114. The summed E-state index contributed by atoms with van der Waals surface area (Å²) < 4.78 is 0. The van der Waals surface area contributed by atoms with Gasteiger partial charge in [-0.25, -0.2) is 0 Å². The van der Waals surface area contributed by atoms with E-state index in [4.69, 9.17) is 5.26 Å². The van der Waals surface area contributed by atoms with Gasteiger partial charge in [-0.2, -0.15) is 5.26 Å². The molecule has 3 heteroatoms. The minimum absolute atomic E-state index is 0.114. The zero-order valence-corrected chi connectivity index (χ0v) is 9.90. The summed E-state index contributed by atoms with van der Waals surface area (Å²) in [7, 11) is 1.64. The predicted molar refractivity (Wildman–Crippen MR) is 63.0 cm³/mol. The molecule has 0 aliphatic heterocycles. The standard InChI is InChI=1S/C13H16N2O/c1-4-11-5-7-12(8-6-11)13(16)15(3)10(2)9-14/h5-8,10H,4H2,1-3H3. The van der Waals surface area contributed by atoms with Crippen molar-refractivity contribution in [2.24, 2.45) is 0 Å². The fourth-order valence-electron chi connectivity index (χ4n) is 1.35. The Morgan fingerprint density at radius 1 is 1.44 bits per heavy atom. The van der Waals surface area contributed by atoms with E-state index in [1.165, 1.54) is 10.5 Å². The summed E-state index contributed by atoms with van der Waals surface area (Å²) in [5.41, 5.74) is 1.83. The first kappa shape index (κ1) is 12.3. The Bertz CT molecular complexity index is 403. The molecule has 0 spiro atoms. The summed E-state index contributed by atoms with van der Waals surface area (Å²) in [6.07, 6.45) is 0.957. The highest BCUT2D eigenvalue weighted by atomic mass is 16.2. The van der Waals surface area contributed by atoms with Crippen molar-refractivity contribution in [3.63, 3.8) is 0 Å². The second-order valence-electron chi connectivity index (χ2n) is 3.77. The van der Waals surface area contributed by atoms with Gasteiger partial charge in [0.25, 0.3) is 5.91 Å². The van der Waals surface area contributed by atoms with Crippen LogP contribution in [-0.2, 0) is 6.42 Å². The predicted octanol–water partition coefficient (Wildman–Crippen LogP) is 2.23. The van der Waals surface area contributed by atoms with Crippen LogP contribution in [-0.4, -0.2) is 23.9 Å². The first-order valence-corrected chi connectivity index (χ1v) is 5.35. The van der Waals surface area contributed by atoms with Crippen LogP contribution in [0, 0.1) is 11.3 Å². The Hall–Kier alpha value is -1.82. The highest BCUT2D eigenvalue weighted by Crippen LogP contribution is 2.09. The number of rotatable bonds is 3. The zero-order chi connectivity index (χ0) is 12.1. The van der Waals surface area contributed by atoms with Gasteiger partial charge in [0.2, 0.25) is 0 Å². The lowest BCUT2D eigenvalue weighted by Gasteiger charge is -2.19. The van der Waals surface area contributed by atoms with Crippen molar-refractivity contribution in [3.05, 3.63) is 35.4 Å². The number of amides is 1. The van der Waals surface area contributed by atoms with Crippen LogP contribution in [0.2, 0.25) is 0 Å². The van der Waals surface area contributed by atoms with Gasteiger partial charge in [-0.15, -0.1) is 0 Å². The van der Waals surface area contributed by atoms with Crippen molar-refractivity contribution >= 4 is 5.91 Å². The average Bonchev–Trinajstić information content (AvgIpc) is 2.36. The molecular weight excluding hydrogens is 200 g/mol. The van der Waals surface area contributed by atoms with Crippen LogP contribution in [0.3, 0.4) is 0 Å². The van der Waals surface area contributed by atoms with Crippen molar-refractivity contribution in [1.82, 2.24) is 4.90 Å². The number of carbonyl (C=O) groups excluding carboxylic acids is 1. The van der Waals surface area contributed by atoms with Gasteiger partial charge in [-0.05, 0) is 31.0 Å². The molecule has 16 heavy (non-hydrogen) atoms. The largest absolute Gasteiger partial charge is 0.326 e. The Morgan fingerprint density at radius 3 is 2.44 bits per heavy atom. The normalized spacial score (nSPS) is 11.6. The molecule has 0 saturated carbocycles. The van der Waals surface area contributed by atoms with Crippen LogP contribution < -0.4 is 0 Å². The first-order chi connectivity index (χ1) is 7.60. The quantitative estimate of drug-likeness (QED) is 0.777. The average molecular weight is 216 g/mol. The summed E-state index contributed by atoms with van der Waals surface area (Å²) in [6, 6.07) is 9.14. The van der Waals surface area contributed by atoms with Crippen LogP contribution in [0.15, 0.2) is 24.3 Å². The van der Waals surface area contributed by atoms with Crippen molar-refractivity contribution in [1.29, 1.82) is 5.26 Å². The molecule has 1 amide bonds. The SMILES string of the molecule is CCc1ccc(C(=O)N(C)C(C)C#N)cc1. The molecule has 0 bridgehead atoms. The molecule has 0 aromatic heterocycles. The molecule has 0 aliphatic rings. The summed E-state index contributed by atoms with van der Waals surface area (Å²) in [6.45, 7) is 3.78. The minimum atomic E-state index is -0.404. The molecule has 1 aromatic rings. The topological polar surface area (TPSA) is 44.1 Å². The van der Waals surface area contributed by atoms with E-state index >= 15 is 0 Å². The van der Waals surface area contributed by atoms with Crippen molar-refractivity contribution in [3.8, 4) is 6.07 Å². The maximum absolute atomic E-state index is 11.9. The molecule has 0 saturated heterocycles. The van der Waals surface area contributed by atoms with E-state index in [1.807, 2.05) is 30.3 Å². The molecule has 0 heterocycles. The molecule has 3 nitrogen and oxygen atoms in total. The highest BCUT2D eigenvalue weighted by molar-refractivity contribution is 5.94. The van der Waals surface area contributed by atoms with E-state index in [2.05, 4.69) is 6.92 Å². The zero-order valence-electron chi connectivity index (χ0n) is 9.90. The Morgan fingerprint density at radius 2 is 2.00 bits per heavy atom. The summed E-state index contributed by atoms with van der Waals surface area (Å²) in [5, 5.41) is 8.74. The third-order valence-corrected chi connectivity index (χ3v) is 2.70. The molecule has 84 valence electrons. The second-order valence-corrected chi connectivity index (χ2v) is 3.77. The van der Waals surface area contributed by atoms with Crippen LogP contribution in [0.25, 0.3) is 0 Å². The number of carbonyl (C=O) groups is 1. The molecule has 0 aliphatic carbocycles. The summed E-state index contributed by atoms with van der Waals surface area (Å²) in [4.78, 5) is 13.4. The third-order valence-electron chi connectivity index (χ3n) is 2.70. The fourth-order valence-corrected chi connectivity index (χ4v) is 1.35. The van der Waals surface area contributed by atoms with E-state index in [0.717, 1.165) is 6.42 Å². The molecule has 0 fully saturated rings. The lowest BCUT2D eigenvalue weighted by atomic mass is 10.1.